The quantitative estimate of drug-likeness (QED) is 0.366. The molecule has 4 rings (SSSR count). The molecule has 3 atom stereocenters. The molecule has 1 unspecified atom stereocenters. The second-order valence-corrected chi connectivity index (χ2v) is 9.22. The highest BCUT2D eigenvalue weighted by Gasteiger charge is 2.38. The number of likely N-dealkylation sites (tertiary alicyclic amines) is 2. The Morgan fingerprint density at radius 1 is 0.974 bits per heavy atom. The van der Waals surface area contributed by atoms with E-state index in [0.717, 1.165) is 5.56 Å². The number of hydrogen-bond donors (Lipinski definition) is 3. The van der Waals surface area contributed by atoms with E-state index >= 15 is 0 Å². The molecule has 2 heterocycles. The van der Waals surface area contributed by atoms with Gasteiger partial charge >= 0.3 is 6.09 Å². The summed E-state index contributed by atoms with van der Waals surface area (Å²) < 4.78 is 10.7. The summed E-state index contributed by atoms with van der Waals surface area (Å²) in [4.78, 5) is 44.7. The molecule has 0 saturated carbocycles. The lowest BCUT2D eigenvalue weighted by molar-refractivity contribution is -0.141. The lowest BCUT2D eigenvalue weighted by Gasteiger charge is -2.39. The van der Waals surface area contributed by atoms with Gasteiger partial charge in [-0.2, -0.15) is 0 Å². The molecule has 2 aromatic rings. The summed E-state index contributed by atoms with van der Waals surface area (Å²) in [5.74, 6) is -0.234. The minimum absolute atomic E-state index is 0.0463. The molecule has 2 fully saturated rings. The minimum atomic E-state index is -1.19. The summed E-state index contributed by atoms with van der Waals surface area (Å²) >= 11 is 0. The lowest BCUT2D eigenvalue weighted by atomic mass is 10.0. The summed E-state index contributed by atoms with van der Waals surface area (Å²) in [7, 11) is 0. The fourth-order valence-corrected chi connectivity index (χ4v) is 4.65. The maximum Gasteiger partial charge on any atom is 0.437 e. The second-order valence-electron chi connectivity index (χ2n) is 9.22. The molecule has 0 aliphatic carbocycles. The maximum absolute atomic E-state index is 13.1. The first-order chi connectivity index (χ1) is 18.4. The Morgan fingerprint density at radius 3 is 2.37 bits per heavy atom. The first-order valence-corrected chi connectivity index (χ1v) is 12.7. The van der Waals surface area contributed by atoms with Gasteiger partial charge in [0, 0.05) is 13.1 Å². The fraction of sp³-hybridized carbons (Fsp3) is 0.407. The molecule has 2 aliphatic heterocycles. The smallest absolute Gasteiger partial charge is 0.437 e. The fourth-order valence-electron chi connectivity index (χ4n) is 4.65. The van der Waals surface area contributed by atoms with Gasteiger partial charge in [0.25, 0.3) is 5.91 Å². The van der Waals surface area contributed by atoms with Crippen LogP contribution < -0.4 is 15.8 Å². The van der Waals surface area contributed by atoms with Crippen molar-refractivity contribution >= 4 is 23.9 Å². The SMILES string of the molecule is N/C(=N\C(=O)OCc1ccccc1)N1CCC[C@H](NC(=O)[C@@H]2CCCN2C(=O)COc2ccccc2)C1O. The highest BCUT2D eigenvalue weighted by molar-refractivity contribution is 5.90. The van der Waals surface area contributed by atoms with E-state index in [1.807, 2.05) is 48.5 Å². The van der Waals surface area contributed by atoms with Gasteiger partial charge < -0.3 is 35.4 Å². The number of carbonyl (C=O) groups is 3. The van der Waals surface area contributed by atoms with Crippen molar-refractivity contribution in [3.8, 4) is 5.75 Å². The number of benzene rings is 2. The first-order valence-electron chi connectivity index (χ1n) is 12.7. The van der Waals surface area contributed by atoms with Gasteiger partial charge in [-0.3, -0.25) is 9.59 Å². The van der Waals surface area contributed by atoms with Gasteiger partial charge in [0.1, 0.15) is 24.6 Å². The van der Waals surface area contributed by atoms with Crippen molar-refractivity contribution in [2.75, 3.05) is 19.7 Å². The number of carbonyl (C=O) groups excluding carboxylic acids is 3. The molecule has 3 amide bonds. The van der Waals surface area contributed by atoms with Crippen LogP contribution in [0, 0.1) is 0 Å². The number of nitrogens with zero attached hydrogens (tertiary/aromatic N) is 3. The highest BCUT2D eigenvalue weighted by Crippen LogP contribution is 2.21. The summed E-state index contributed by atoms with van der Waals surface area (Å²) in [6.07, 6.45) is 0.265. The molecule has 0 spiro atoms. The standard InChI is InChI=1S/C27H33N5O6/c28-26(30-27(36)38-17-19-9-3-1-4-10-19)32-16-7-13-21(25(32)35)29-24(34)22-14-8-15-31(22)23(33)18-37-20-11-5-2-6-12-20/h1-6,9-12,21-22,25,35H,7-8,13-18H2,(H,29,34)(H2,28,30,36)/t21-,22-,25?/m0/s1. The molecule has 0 bridgehead atoms. The number of nitrogens with one attached hydrogen (secondary N) is 1. The number of guanidine groups is 1. The van der Waals surface area contributed by atoms with Crippen LogP contribution in [-0.2, 0) is 20.9 Å². The number of nitrogens with two attached hydrogens (primary N) is 1. The van der Waals surface area contributed by atoms with E-state index in [-0.39, 0.29) is 31.0 Å². The Hall–Kier alpha value is -4.12. The van der Waals surface area contributed by atoms with Gasteiger partial charge in [-0.25, -0.2) is 4.79 Å². The Morgan fingerprint density at radius 2 is 1.63 bits per heavy atom. The Bertz CT molecular complexity index is 1130. The van der Waals surface area contributed by atoms with Crippen LogP contribution in [0.15, 0.2) is 65.7 Å². The number of para-hydroxylation sites is 1. The zero-order valence-corrected chi connectivity index (χ0v) is 21.1. The average Bonchev–Trinajstić information content (AvgIpc) is 3.43. The van der Waals surface area contributed by atoms with Crippen LogP contribution in [-0.4, -0.2) is 76.8 Å². The third-order valence-electron chi connectivity index (χ3n) is 6.61. The Balaban J connectivity index is 1.30. The molecule has 11 heteroatoms. The molecule has 38 heavy (non-hydrogen) atoms. The summed E-state index contributed by atoms with van der Waals surface area (Å²) in [5.41, 5.74) is 6.81. The number of aliphatic hydroxyl groups excluding tert-OH is 1. The molecular formula is C27H33N5O6. The Labute approximate surface area is 221 Å². The van der Waals surface area contributed by atoms with Crippen LogP contribution >= 0.6 is 0 Å². The van der Waals surface area contributed by atoms with E-state index in [4.69, 9.17) is 15.2 Å². The van der Waals surface area contributed by atoms with E-state index < -0.39 is 24.4 Å². The first kappa shape index (κ1) is 26.9. The van der Waals surface area contributed by atoms with Crippen molar-refractivity contribution in [2.24, 2.45) is 10.7 Å². The van der Waals surface area contributed by atoms with Crippen LogP contribution in [0.5, 0.6) is 5.75 Å². The van der Waals surface area contributed by atoms with E-state index in [1.54, 1.807) is 12.1 Å². The van der Waals surface area contributed by atoms with Crippen molar-refractivity contribution in [2.45, 2.75) is 50.6 Å². The topological polar surface area (TPSA) is 147 Å². The summed E-state index contributed by atoms with van der Waals surface area (Å²) in [5, 5.41) is 13.8. The third kappa shape index (κ3) is 7.00. The molecule has 2 aliphatic rings. The van der Waals surface area contributed by atoms with Gasteiger partial charge in [-0.05, 0) is 43.4 Å². The highest BCUT2D eigenvalue weighted by atomic mass is 16.5. The molecule has 202 valence electrons. The molecule has 0 aromatic heterocycles. The van der Waals surface area contributed by atoms with Crippen LogP contribution in [0.2, 0.25) is 0 Å². The van der Waals surface area contributed by atoms with Crippen molar-refractivity contribution in [1.29, 1.82) is 0 Å². The maximum atomic E-state index is 13.1. The number of amides is 3. The number of aliphatic imine (C=N–C) groups is 1. The molecule has 0 radical (unpaired) electrons. The van der Waals surface area contributed by atoms with Crippen molar-refractivity contribution < 1.29 is 29.0 Å². The number of ether oxygens (including phenoxy) is 2. The number of rotatable bonds is 7. The predicted octanol–water partition coefficient (Wildman–Crippen LogP) is 1.61. The van der Waals surface area contributed by atoms with Crippen LogP contribution in [0.3, 0.4) is 0 Å². The normalized spacial score (nSPS) is 21.6. The number of hydrogen-bond acceptors (Lipinski definition) is 6. The van der Waals surface area contributed by atoms with E-state index in [0.29, 0.717) is 44.5 Å². The molecule has 11 nitrogen and oxygen atoms in total. The summed E-state index contributed by atoms with van der Waals surface area (Å²) in [6, 6.07) is 16.9. The Kier molecular flexibility index (Phi) is 9.15. The summed E-state index contributed by atoms with van der Waals surface area (Å²) in [6.45, 7) is 0.699. The van der Waals surface area contributed by atoms with Gasteiger partial charge in [0.05, 0.1) is 6.04 Å². The third-order valence-corrected chi connectivity index (χ3v) is 6.61. The van der Waals surface area contributed by atoms with Crippen molar-refractivity contribution in [1.82, 2.24) is 15.1 Å². The minimum Gasteiger partial charge on any atom is -0.484 e. The van der Waals surface area contributed by atoms with Crippen molar-refractivity contribution in [3.63, 3.8) is 0 Å². The van der Waals surface area contributed by atoms with Gasteiger partial charge in [-0.15, -0.1) is 4.99 Å². The van der Waals surface area contributed by atoms with Gasteiger partial charge in [-0.1, -0.05) is 48.5 Å². The molecule has 2 aromatic carbocycles. The van der Waals surface area contributed by atoms with E-state index in [2.05, 4.69) is 10.3 Å². The zero-order valence-electron chi connectivity index (χ0n) is 21.1. The molecule has 4 N–H and O–H groups in total. The van der Waals surface area contributed by atoms with Crippen molar-refractivity contribution in [3.05, 3.63) is 66.2 Å². The lowest BCUT2D eigenvalue weighted by Crippen LogP contribution is -2.60. The largest absolute Gasteiger partial charge is 0.484 e. The second kappa shape index (κ2) is 12.9. The zero-order chi connectivity index (χ0) is 26.9. The van der Waals surface area contributed by atoms with E-state index in [9.17, 15) is 19.5 Å². The number of piperidine rings is 1. The van der Waals surface area contributed by atoms with Crippen LogP contribution in [0.25, 0.3) is 0 Å². The van der Waals surface area contributed by atoms with Gasteiger partial charge in [0.15, 0.2) is 6.61 Å². The average molecular weight is 524 g/mol. The van der Waals surface area contributed by atoms with Crippen LogP contribution in [0.4, 0.5) is 4.79 Å². The van der Waals surface area contributed by atoms with E-state index in [1.165, 1.54) is 9.80 Å². The molecule has 2 saturated heterocycles. The molecular weight excluding hydrogens is 490 g/mol. The van der Waals surface area contributed by atoms with Gasteiger partial charge in [0.2, 0.25) is 11.9 Å². The van der Waals surface area contributed by atoms with Crippen LogP contribution in [0.1, 0.15) is 31.2 Å². The predicted molar refractivity (Wildman–Crippen MR) is 139 cm³/mol. The monoisotopic (exact) mass is 523 g/mol. The number of aliphatic hydroxyl groups is 1.